The molecule has 4 fully saturated rings. The lowest BCUT2D eigenvalue weighted by molar-refractivity contribution is -0.148. The zero-order chi connectivity index (χ0) is 22.7. The average molecular weight is 429 g/mol. The minimum absolute atomic E-state index is 0.0524. The summed E-state index contributed by atoms with van der Waals surface area (Å²) in [6, 6.07) is 0. The van der Waals surface area contributed by atoms with Crippen LogP contribution >= 0.6 is 0 Å². The van der Waals surface area contributed by atoms with Crippen molar-refractivity contribution >= 4 is 0 Å². The summed E-state index contributed by atoms with van der Waals surface area (Å²) < 4.78 is 0. The summed E-state index contributed by atoms with van der Waals surface area (Å²) in [7, 11) is 0. The standard InChI is InChI=1S/C30H52O/c1-18(2)21(5)19(3)17-20(4)24-11-12-26-23-9-10-25-22(6)28(31)14-16-30(25,8)27(23)13-15-29(24,26)7/h17-18,20-28,31H,9-16H2,1-8H3. The lowest BCUT2D eigenvalue weighted by Crippen LogP contribution is -2.56. The van der Waals surface area contributed by atoms with Crippen LogP contribution < -0.4 is 0 Å². The minimum atomic E-state index is -0.0524. The third kappa shape index (κ3) is 3.77. The molecule has 0 aliphatic heterocycles. The van der Waals surface area contributed by atoms with Gasteiger partial charge < -0.3 is 5.11 Å². The Morgan fingerprint density at radius 2 is 1.45 bits per heavy atom. The van der Waals surface area contributed by atoms with Crippen LogP contribution in [0.5, 0.6) is 0 Å². The van der Waals surface area contributed by atoms with Crippen LogP contribution in [0.2, 0.25) is 0 Å². The molecule has 0 aromatic carbocycles. The fourth-order valence-electron chi connectivity index (χ4n) is 9.82. The van der Waals surface area contributed by atoms with Gasteiger partial charge in [0.15, 0.2) is 0 Å². The normalized spacial score (nSPS) is 49.9. The van der Waals surface area contributed by atoms with Gasteiger partial charge in [-0.15, -0.1) is 0 Å². The Balaban J connectivity index is 1.53. The van der Waals surface area contributed by atoms with Crippen molar-refractivity contribution in [3.63, 3.8) is 0 Å². The largest absolute Gasteiger partial charge is 0.393 e. The highest BCUT2D eigenvalue weighted by atomic mass is 16.3. The molecule has 31 heavy (non-hydrogen) atoms. The zero-order valence-electron chi connectivity index (χ0n) is 22.0. The Bertz CT molecular complexity index is 678. The number of hydrogen-bond acceptors (Lipinski definition) is 1. The van der Waals surface area contributed by atoms with E-state index in [2.05, 4.69) is 61.5 Å². The monoisotopic (exact) mass is 428 g/mol. The molecule has 0 spiro atoms. The second-order valence-electron chi connectivity index (χ2n) is 13.6. The van der Waals surface area contributed by atoms with Gasteiger partial charge >= 0.3 is 0 Å². The van der Waals surface area contributed by atoms with E-state index in [9.17, 15) is 5.11 Å². The van der Waals surface area contributed by atoms with Crippen molar-refractivity contribution < 1.29 is 5.11 Å². The van der Waals surface area contributed by atoms with E-state index in [0.29, 0.717) is 28.6 Å². The van der Waals surface area contributed by atoms with Crippen molar-refractivity contribution in [2.45, 2.75) is 113 Å². The number of hydrogen-bond donors (Lipinski definition) is 1. The van der Waals surface area contributed by atoms with Gasteiger partial charge in [-0.1, -0.05) is 60.1 Å². The molecule has 1 N–H and O–H groups in total. The Hall–Kier alpha value is -0.300. The fourth-order valence-corrected chi connectivity index (χ4v) is 9.82. The molecular weight excluding hydrogens is 376 g/mol. The molecule has 4 aliphatic carbocycles. The maximum Gasteiger partial charge on any atom is 0.0568 e. The van der Waals surface area contributed by atoms with Crippen LogP contribution in [-0.4, -0.2) is 11.2 Å². The van der Waals surface area contributed by atoms with E-state index in [1.807, 2.05) is 0 Å². The van der Waals surface area contributed by atoms with Crippen molar-refractivity contribution in [2.24, 2.45) is 64.1 Å². The molecule has 11 unspecified atom stereocenters. The average Bonchev–Trinajstić information content (AvgIpc) is 3.07. The molecular formula is C30H52O. The third-order valence-electron chi connectivity index (χ3n) is 12.1. The molecule has 11 atom stereocenters. The predicted octanol–water partition coefficient (Wildman–Crippen LogP) is 8.13. The number of aliphatic hydroxyl groups is 1. The maximum atomic E-state index is 10.6. The van der Waals surface area contributed by atoms with Gasteiger partial charge in [0.1, 0.15) is 0 Å². The van der Waals surface area contributed by atoms with Crippen molar-refractivity contribution in [1.29, 1.82) is 0 Å². The summed E-state index contributed by atoms with van der Waals surface area (Å²) in [5, 5.41) is 10.6. The van der Waals surface area contributed by atoms with Crippen LogP contribution in [0.1, 0.15) is 107 Å². The molecule has 4 saturated carbocycles. The third-order valence-corrected chi connectivity index (χ3v) is 12.1. The summed E-state index contributed by atoms with van der Waals surface area (Å²) in [5.74, 6) is 7.05. The molecule has 4 aliphatic rings. The van der Waals surface area contributed by atoms with Gasteiger partial charge in [-0.05, 0) is 122 Å². The number of allylic oxidation sites excluding steroid dienone is 2. The van der Waals surface area contributed by atoms with Gasteiger partial charge in [-0.25, -0.2) is 0 Å². The first kappa shape index (κ1) is 23.8. The number of fused-ring (bicyclic) bond motifs is 5. The van der Waals surface area contributed by atoms with E-state index >= 15 is 0 Å². The van der Waals surface area contributed by atoms with E-state index in [1.54, 1.807) is 5.57 Å². The highest BCUT2D eigenvalue weighted by molar-refractivity contribution is 5.13. The van der Waals surface area contributed by atoms with Crippen LogP contribution in [0, 0.1) is 64.1 Å². The van der Waals surface area contributed by atoms with Gasteiger partial charge in [0.25, 0.3) is 0 Å². The first-order valence-electron chi connectivity index (χ1n) is 13.9. The molecule has 0 aromatic heterocycles. The maximum absolute atomic E-state index is 10.6. The van der Waals surface area contributed by atoms with Crippen molar-refractivity contribution in [2.75, 3.05) is 0 Å². The second kappa shape index (κ2) is 8.48. The first-order chi connectivity index (χ1) is 14.5. The van der Waals surface area contributed by atoms with Gasteiger partial charge in [0, 0.05) is 0 Å². The van der Waals surface area contributed by atoms with Gasteiger partial charge in [0.2, 0.25) is 0 Å². The predicted molar refractivity (Wildman–Crippen MR) is 133 cm³/mol. The Labute approximate surface area is 193 Å². The Morgan fingerprint density at radius 1 is 0.839 bits per heavy atom. The topological polar surface area (TPSA) is 20.2 Å². The number of rotatable bonds is 4. The highest BCUT2D eigenvalue weighted by Gasteiger charge is 2.61. The number of aliphatic hydroxyl groups excluding tert-OH is 1. The lowest BCUT2D eigenvalue weighted by Gasteiger charge is -2.62. The molecule has 0 heterocycles. The lowest BCUT2D eigenvalue weighted by atomic mass is 9.43. The second-order valence-corrected chi connectivity index (χ2v) is 13.6. The van der Waals surface area contributed by atoms with Crippen LogP contribution in [-0.2, 0) is 0 Å². The molecule has 4 rings (SSSR count). The van der Waals surface area contributed by atoms with E-state index in [4.69, 9.17) is 0 Å². The first-order valence-corrected chi connectivity index (χ1v) is 13.9. The summed E-state index contributed by atoms with van der Waals surface area (Å²) in [4.78, 5) is 0. The smallest absolute Gasteiger partial charge is 0.0568 e. The Morgan fingerprint density at radius 3 is 2.13 bits per heavy atom. The van der Waals surface area contributed by atoms with E-state index in [1.165, 1.54) is 44.9 Å². The quantitative estimate of drug-likeness (QED) is 0.448. The van der Waals surface area contributed by atoms with Crippen molar-refractivity contribution in [3.05, 3.63) is 11.6 Å². The molecule has 1 nitrogen and oxygen atoms in total. The van der Waals surface area contributed by atoms with Crippen LogP contribution in [0.3, 0.4) is 0 Å². The fraction of sp³-hybridized carbons (Fsp3) is 0.933. The SMILES string of the molecule is CC(=CC(C)C1CCC2C3CCC4C(C)C(O)CCC4(C)C3CCC12C)C(C)C(C)C. The summed E-state index contributed by atoms with van der Waals surface area (Å²) >= 11 is 0. The van der Waals surface area contributed by atoms with Gasteiger partial charge in [0.05, 0.1) is 6.10 Å². The van der Waals surface area contributed by atoms with Gasteiger partial charge in [-0.3, -0.25) is 0 Å². The molecule has 178 valence electrons. The van der Waals surface area contributed by atoms with Crippen molar-refractivity contribution in [1.82, 2.24) is 0 Å². The summed E-state index contributed by atoms with van der Waals surface area (Å²) in [6.07, 6.45) is 13.5. The Kier molecular flexibility index (Phi) is 6.53. The van der Waals surface area contributed by atoms with Crippen LogP contribution in [0.25, 0.3) is 0 Å². The summed E-state index contributed by atoms with van der Waals surface area (Å²) in [5.41, 5.74) is 2.64. The van der Waals surface area contributed by atoms with E-state index < -0.39 is 0 Å². The molecule has 0 aromatic rings. The zero-order valence-corrected chi connectivity index (χ0v) is 22.0. The van der Waals surface area contributed by atoms with Crippen LogP contribution in [0.4, 0.5) is 0 Å². The molecule has 0 saturated heterocycles. The highest BCUT2D eigenvalue weighted by Crippen LogP contribution is 2.68. The minimum Gasteiger partial charge on any atom is -0.393 e. The molecule has 0 radical (unpaired) electrons. The van der Waals surface area contributed by atoms with Crippen molar-refractivity contribution in [3.8, 4) is 0 Å². The van der Waals surface area contributed by atoms with Crippen LogP contribution in [0.15, 0.2) is 11.6 Å². The van der Waals surface area contributed by atoms with E-state index in [0.717, 1.165) is 41.9 Å². The molecule has 0 amide bonds. The molecule has 1 heteroatoms. The molecule has 0 bridgehead atoms. The summed E-state index contributed by atoms with van der Waals surface area (Å²) in [6.45, 7) is 19.7. The van der Waals surface area contributed by atoms with Gasteiger partial charge in [-0.2, -0.15) is 0 Å². The van der Waals surface area contributed by atoms with E-state index in [-0.39, 0.29) is 6.10 Å².